The lowest BCUT2D eigenvalue weighted by Crippen LogP contribution is -2.32. The summed E-state index contributed by atoms with van der Waals surface area (Å²) in [4.78, 5) is 21.7. The van der Waals surface area contributed by atoms with Gasteiger partial charge in [-0.25, -0.2) is 9.37 Å². The minimum atomic E-state index is -0.636. The molecule has 1 N–H and O–H groups in total. The topological polar surface area (TPSA) is 82.0 Å². The van der Waals surface area contributed by atoms with Crippen molar-refractivity contribution < 1.29 is 13.9 Å². The van der Waals surface area contributed by atoms with Gasteiger partial charge in [0, 0.05) is 38.0 Å². The number of nitrogens with one attached hydrogen (secondary N) is 1. The molecule has 1 aromatic carbocycles. The maximum Gasteiger partial charge on any atom is 0.254 e. The number of H-pyrrole nitrogens is 1. The molecule has 1 saturated heterocycles. The molecule has 118 valence electrons. The molecular weight excluding hydrogens is 299 g/mol. The van der Waals surface area contributed by atoms with Gasteiger partial charge in [-0.3, -0.25) is 4.79 Å². The fourth-order valence-electron chi connectivity index (χ4n) is 2.82. The lowest BCUT2D eigenvalue weighted by atomic mass is 10.1. The van der Waals surface area contributed by atoms with Crippen LogP contribution in [0.4, 0.5) is 4.39 Å². The molecule has 1 unspecified atom stereocenters. The lowest BCUT2D eigenvalue weighted by molar-refractivity contribution is 0.0684. The van der Waals surface area contributed by atoms with Gasteiger partial charge < -0.3 is 14.6 Å². The fraction of sp³-hybridized carbons (Fsp3) is 0.312. The highest BCUT2D eigenvalue weighted by molar-refractivity contribution is 5.95. The summed E-state index contributed by atoms with van der Waals surface area (Å²) in [6, 6.07) is 5.31. The molecule has 1 fully saturated rings. The number of nitrogens with zero attached hydrogens (tertiary/aromatic N) is 3. The number of nitriles is 1. The minimum absolute atomic E-state index is 0.0927. The van der Waals surface area contributed by atoms with Crippen molar-refractivity contribution in [2.45, 2.75) is 18.6 Å². The number of hydrogen-bond donors (Lipinski definition) is 1. The van der Waals surface area contributed by atoms with E-state index in [9.17, 15) is 9.18 Å². The van der Waals surface area contributed by atoms with Gasteiger partial charge in [0.2, 0.25) is 0 Å². The van der Waals surface area contributed by atoms with Crippen LogP contribution >= 0.6 is 0 Å². The van der Waals surface area contributed by atoms with Gasteiger partial charge in [0.1, 0.15) is 17.7 Å². The Hall–Kier alpha value is -2.72. The summed E-state index contributed by atoms with van der Waals surface area (Å²) in [5, 5.41) is 8.92. The largest absolute Gasteiger partial charge is 0.380 e. The number of amides is 1. The summed E-state index contributed by atoms with van der Waals surface area (Å²) in [6.07, 6.45) is 3.86. The lowest BCUT2D eigenvalue weighted by Gasteiger charge is -2.23. The highest BCUT2D eigenvalue weighted by Gasteiger charge is 2.38. The summed E-state index contributed by atoms with van der Waals surface area (Å²) in [7, 11) is 1.60. The van der Waals surface area contributed by atoms with Gasteiger partial charge in [0.25, 0.3) is 5.91 Å². The first-order chi connectivity index (χ1) is 11.1. The zero-order chi connectivity index (χ0) is 16.4. The number of ether oxygens (including phenoxy) is 1. The average molecular weight is 314 g/mol. The second-order valence-electron chi connectivity index (χ2n) is 5.35. The van der Waals surface area contributed by atoms with E-state index in [4.69, 9.17) is 10.00 Å². The molecule has 23 heavy (non-hydrogen) atoms. The van der Waals surface area contributed by atoms with Crippen LogP contribution in [-0.2, 0) is 4.74 Å². The summed E-state index contributed by atoms with van der Waals surface area (Å²) < 4.78 is 18.8. The van der Waals surface area contributed by atoms with E-state index in [0.717, 1.165) is 6.07 Å². The van der Waals surface area contributed by atoms with Crippen molar-refractivity contribution in [3.63, 3.8) is 0 Å². The first-order valence-corrected chi connectivity index (χ1v) is 7.16. The Morgan fingerprint density at radius 3 is 3.04 bits per heavy atom. The normalized spacial score (nSPS) is 20.5. The van der Waals surface area contributed by atoms with Gasteiger partial charge in [0.15, 0.2) is 0 Å². The molecule has 7 heteroatoms. The van der Waals surface area contributed by atoms with Crippen LogP contribution in [-0.4, -0.2) is 40.5 Å². The van der Waals surface area contributed by atoms with Crippen molar-refractivity contribution in [2.75, 3.05) is 13.7 Å². The number of rotatable bonds is 3. The fourth-order valence-corrected chi connectivity index (χ4v) is 2.82. The number of methoxy groups -OCH3 is 1. The monoisotopic (exact) mass is 314 g/mol. The van der Waals surface area contributed by atoms with Crippen LogP contribution < -0.4 is 0 Å². The molecule has 2 atom stereocenters. The SMILES string of the molecule is CO[C@@H]1CC(c2ncc[nH]2)N(C(=O)c2ccc(F)c(C#N)c2)C1. The van der Waals surface area contributed by atoms with E-state index in [0.29, 0.717) is 18.8 Å². The molecule has 0 radical (unpaired) electrons. The van der Waals surface area contributed by atoms with Crippen LogP contribution in [0.2, 0.25) is 0 Å². The Bertz CT molecular complexity index is 754. The Morgan fingerprint density at radius 2 is 2.39 bits per heavy atom. The Balaban J connectivity index is 1.92. The number of carbonyl (C=O) groups is 1. The highest BCUT2D eigenvalue weighted by atomic mass is 19.1. The van der Waals surface area contributed by atoms with E-state index in [-0.39, 0.29) is 29.2 Å². The summed E-state index contributed by atoms with van der Waals surface area (Å²) in [6.45, 7) is 0.417. The first-order valence-electron chi connectivity index (χ1n) is 7.16. The molecule has 1 amide bonds. The number of benzene rings is 1. The third kappa shape index (κ3) is 2.81. The molecular formula is C16H15FN4O2. The van der Waals surface area contributed by atoms with Crippen molar-refractivity contribution >= 4 is 5.91 Å². The van der Waals surface area contributed by atoms with E-state index < -0.39 is 5.82 Å². The van der Waals surface area contributed by atoms with E-state index in [2.05, 4.69) is 9.97 Å². The minimum Gasteiger partial charge on any atom is -0.380 e. The molecule has 2 heterocycles. The Morgan fingerprint density at radius 1 is 1.57 bits per heavy atom. The third-order valence-electron chi connectivity index (χ3n) is 4.03. The Labute approximate surface area is 132 Å². The van der Waals surface area contributed by atoms with Gasteiger partial charge in [-0.15, -0.1) is 0 Å². The van der Waals surface area contributed by atoms with Crippen LogP contribution in [0.15, 0.2) is 30.6 Å². The summed E-state index contributed by atoms with van der Waals surface area (Å²) in [5.41, 5.74) is 0.129. The van der Waals surface area contributed by atoms with Crippen molar-refractivity contribution in [3.8, 4) is 6.07 Å². The van der Waals surface area contributed by atoms with Crippen LogP contribution in [0.3, 0.4) is 0 Å². The van der Waals surface area contributed by atoms with E-state index in [1.165, 1.54) is 12.1 Å². The van der Waals surface area contributed by atoms with Gasteiger partial charge in [-0.2, -0.15) is 5.26 Å². The van der Waals surface area contributed by atoms with Crippen LogP contribution in [0.25, 0.3) is 0 Å². The first kappa shape index (κ1) is 15.2. The number of carbonyl (C=O) groups excluding carboxylic acids is 1. The zero-order valence-corrected chi connectivity index (χ0v) is 12.5. The van der Waals surface area contributed by atoms with Gasteiger partial charge in [-0.05, 0) is 18.2 Å². The molecule has 1 aliphatic heterocycles. The summed E-state index contributed by atoms with van der Waals surface area (Å²) in [5.74, 6) is -0.231. The van der Waals surface area contributed by atoms with Gasteiger partial charge in [0.05, 0.1) is 17.7 Å². The number of halogens is 1. The second kappa shape index (κ2) is 6.18. The van der Waals surface area contributed by atoms with Crippen molar-refractivity contribution in [1.29, 1.82) is 5.26 Å². The zero-order valence-electron chi connectivity index (χ0n) is 12.5. The molecule has 1 aromatic heterocycles. The van der Waals surface area contributed by atoms with Crippen molar-refractivity contribution in [3.05, 3.63) is 53.4 Å². The number of aromatic amines is 1. The van der Waals surface area contributed by atoms with Crippen LogP contribution in [0, 0.1) is 17.1 Å². The molecule has 6 nitrogen and oxygen atoms in total. The van der Waals surface area contributed by atoms with E-state index in [1.807, 2.05) is 0 Å². The molecule has 0 aliphatic carbocycles. The molecule has 2 aromatic rings. The number of hydrogen-bond acceptors (Lipinski definition) is 4. The van der Waals surface area contributed by atoms with Crippen LogP contribution in [0.1, 0.15) is 34.2 Å². The molecule has 3 rings (SSSR count). The maximum atomic E-state index is 13.4. The summed E-state index contributed by atoms with van der Waals surface area (Å²) >= 11 is 0. The second-order valence-corrected chi connectivity index (χ2v) is 5.35. The molecule has 0 spiro atoms. The predicted molar refractivity (Wildman–Crippen MR) is 78.9 cm³/mol. The quantitative estimate of drug-likeness (QED) is 0.939. The standard InChI is InChI=1S/C16H15FN4O2/c1-23-12-7-14(15-19-4-5-20-15)21(9-12)16(22)10-2-3-13(17)11(6-10)8-18/h2-6,12,14H,7,9H2,1H3,(H,19,20)/t12-,14?/m1/s1. The number of imidazole rings is 1. The van der Waals surface area contributed by atoms with Crippen LogP contribution in [0.5, 0.6) is 0 Å². The maximum absolute atomic E-state index is 13.4. The number of likely N-dealkylation sites (tertiary alicyclic amines) is 1. The molecule has 1 aliphatic rings. The van der Waals surface area contributed by atoms with Gasteiger partial charge in [-0.1, -0.05) is 0 Å². The average Bonchev–Trinajstić information content (AvgIpc) is 3.23. The molecule has 0 bridgehead atoms. The predicted octanol–water partition coefficient (Wildman–Crippen LogP) is 2.02. The highest BCUT2D eigenvalue weighted by Crippen LogP contribution is 2.32. The van der Waals surface area contributed by atoms with Crippen molar-refractivity contribution in [1.82, 2.24) is 14.9 Å². The number of aromatic nitrogens is 2. The van der Waals surface area contributed by atoms with E-state index >= 15 is 0 Å². The molecule has 0 saturated carbocycles. The smallest absolute Gasteiger partial charge is 0.254 e. The van der Waals surface area contributed by atoms with Crippen molar-refractivity contribution in [2.24, 2.45) is 0 Å². The van der Waals surface area contributed by atoms with Gasteiger partial charge >= 0.3 is 0 Å². The third-order valence-corrected chi connectivity index (χ3v) is 4.03. The van der Waals surface area contributed by atoms with E-state index in [1.54, 1.807) is 30.5 Å². The Kier molecular flexibility index (Phi) is 4.08.